The quantitative estimate of drug-likeness (QED) is 0.743. The molecule has 0 aliphatic carbocycles. The van der Waals surface area contributed by atoms with E-state index in [1.165, 1.54) is 31.2 Å². The molecule has 1 N–H and O–H groups in total. The Balaban J connectivity index is 1.80. The molecule has 3 atom stereocenters. The molecule has 0 unspecified atom stereocenters. The van der Waals surface area contributed by atoms with Crippen LogP contribution in [0.1, 0.15) is 37.2 Å². The Kier molecular flexibility index (Phi) is 2.24. The van der Waals surface area contributed by atoms with Crippen molar-refractivity contribution in [3.63, 3.8) is 0 Å². The van der Waals surface area contributed by atoms with Crippen LogP contribution >= 0.6 is 0 Å². The van der Waals surface area contributed by atoms with Crippen molar-refractivity contribution in [2.45, 2.75) is 43.7 Å². The first-order valence-electron chi connectivity index (χ1n) is 5.83. The van der Waals surface area contributed by atoms with E-state index in [1.54, 1.807) is 12.1 Å². The molecule has 2 heterocycles. The van der Waals surface area contributed by atoms with E-state index in [9.17, 15) is 4.39 Å². The number of halogens is 1. The van der Waals surface area contributed by atoms with Crippen LogP contribution in [0.4, 0.5) is 4.39 Å². The van der Waals surface area contributed by atoms with E-state index in [0.717, 1.165) is 0 Å². The van der Waals surface area contributed by atoms with Crippen molar-refractivity contribution in [1.82, 2.24) is 5.32 Å². The Morgan fingerprint density at radius 3 is 2.20 bits per heavy atom. The molecule has 2 saturated heterocycles. The second-order valence-corrected chi connectivity index (χ2v) is 4.86. The molecule has 2 aliphatic heterocycles. The Morgan fingerprint density at radius 1 is 1.00 bits per heavy atom. The maximum atomic E-state index is 12.8. The first-order valence-corrected chi connectivity index (χ1v) is 5.83. The Labute approximate surface area is 89.7 Å². The van der Waals surface area contributed by atoms with E-state index in [-0.39, 0.29) is 5.82 Å². The van der Waals surface area contributed by atoms with Gasteiger partial charge in [0, 0.05) is 12.1 Å². The Hall–Kier alpha value is -0.890. The lowest BCUT2D eigenvalue weighted by Gasteiger charge is -2.29. The summed E-state index contributed by atoms with van der Waals surface area (Å²) in [5.41, 5.74) is 1.31. The second-order valence-electron chi connectivity index (χ2n) is 4.86. The molecule has 0 amide bonds. The Morgan fingerprint density at radius 2 is 1.60 bits per heavy atom. The van der Waals surface area contributed by atoms with E-state index in [1.807, 2.05) is 12.1 Å². The minimum Gasteiger partial charge on any atom is -0.311 e. The normalized spacial score (nSPS) is 34.3. The van der Waals surface area contributed by atoms with Gasteiger partial charge in [-0.3, -0.25) is 0 Å². The highest BCUT2D eigenvalue weighted by Gasteiger charge is 2.33. The average Bonchev–Trinajstić information content (AvgIpc) is 2.59. The average molecular weight is 205 g/mol. The SMILES string of the molecule is Fc1ccc([C@H]2C[C@H]3CC[C@@H](C2)N3)cc1. The van der Waals surface area contributed by atoms with Crippen molar-refractivity contribution >= 4 is 0 Å². The summed E-state index contributed by atoms with van der Waals surface area (Å²) in [6, 6.07) is 8.48. The summed E-state index contributed by atoms with van der Waals surface area (Å²) in [5, 5.41) is 3.63. The molecular formula is C13H16FN. The number of hydrogen-bond acceptors (Lipinski definition) is 1. The molecule has 0 radical (unpaired) electrons. The van der Waals surface area contributed by atoms with Crippen molar-refractivity contribution in [2.24, 2.45) is 0 Å². The lowest BCUT2D eigenvalue weighted by molar-refractivity contribution is 0.363. The van der Waals surface area contributed by atoms with Gasteiger partial charge in [-0.25, -0.2) is 4.39 Å². The number of rotatable bonds is 1. The molecule has 3 rings (SSSR count). The van der Waals surface area contributed by atoms with Crippen LogP contribution in [0.3, 0.4) is 0 Å². The summed E-state index contributed by atoms with van der Waals surface area (Å²) in [6.07, 6.45) is 5.09. The van der Waals surface area contributed by atoms with Crippen LogP contribution in [0.15, 0.2) is 24.3 Å². The summed E-state index contributed by atoms with van der Waals surface area (Å²) in [4.78, 5) is 0. The molecule has 1 aromatic carbocycles. The minimum absolute atomic E-state index is 0.129. The minimum atomic E-state index is -0.129. The maximum Gasteiger partial charge on any atom is 0.123 e. The van der Waals surface area contributed by atoms with E-state index < -0.39 is 0 Å². The zero-order valence-electron chi connectivity index (χ0n) is 8.75. The molecule has 15 heavy (non-hydrogen) atoms. The fourth-order valence-corrected chi connectivity index (χ4v) is 3.06. The number of piperidine rings is 1. The summed E-state index contributed by atoms with van der Waals surface area (Å²) in [5.74, 6) is 0.514. The van der Waals surface area contributed by atoms with Crippen LogP contribution in [0, 0.1) is 5.82 Å². The molecule has 2 aliphatic rings. The van der Waals surface area contributed by atoms with Gasteiger partial charge in [0.15, 0.2) is 0 Å². The molecular weight excluding hydrogens is 189 g/mol. The van der Waals surface area contributed by atoms with Gasteiger partial charge in [-0.1, -0.05) is 12.1 Å². The van der Waals surface area contributed by atoms with E-state index in [0.29, 0.717) is 18.0 Å². The molecule has 2 heteroatoms. The van der Waals surface area contributed by atoms with Gasteiger partial charge in [-0.15, -0.1) is 0 Å². The van der Waals surface area contributed by atoms with Crippen molar-refractivity contribution in [3.8, 4) is 0 Å². The van der Waals surface area contributed by atoms with Crippen molar-refractivity contribution in [3.05, 3.63) is 35.6 Å². The van der Waals surface area contributed by atoms with Gasteiger partial charge in [-0.05, 0) is 49.3 Å². The van der Waals surface area contributed by atoms with E-state index >= 15 is 0 Å². The first-order chi connectivity index (χ1) is 7.31. The standard InChI is InChI=1S/C13H16FN/c14-11-3-1-9(2-4-11)10-7-12-5-6-13(8-10)15-12/h1-4,10,12-13,15H,5-8H2/t10-,12+,13-. The lowest BCUT2D eigenvalue weighted by Crippen LogP contribution is -2.37. The number of fused-ring (bicyclic) bond motifs is 2. The number of hydrogen-bond donors (Lipinski definition) is 1. The highest BCUT2D eigenvalue weighted by molar-refractivity contribution is 5.22. The molecule has 2 fully saturated rings. The topological polar surface area (TPSA) is 12.0 Å². The van der Waals surface area contributed by atoms with E-state index in [4.69, 9.17) is 0 Å². The van der Waals surface area contributed by atoms with Gasteiger partial charge in [0.2, 0.25) is 0 Å². The third-order valence-electron chi connectivity index (χ3n) is 3.81. The van der Waals surface area contributed by atoms with Crippen molar-refractivity contribution in [2.75, 3.05) is 0 Å². The number of benzene rings is 1. The molecule has 0 aromatic heterocycles. The fraction of sp³-hybridized carbons (Fsp3) is 0.538. The van der Waals surface area contributed by atoms with Crippen LogP contribution in [0.5, 0.6) is 0 Å². The van der Waals surface area contributed by atoms with Crippen LogP contribution in [0.25, 0.3) is 0 Å². The van der Waals surface area contributed by atoms with Gasteiger partial charge >= 0.3 is 0 Å². The zero-order valence-corrected chi connectivity index (χ0v) is 8.75. The second kappa shape index (κ2) is 3.60. The van der Waals surface area contributed by atoms with E-state index in [2.05, 4.69) is 5.32 Å². The summed E-state index contributed by atoms with van der Waals surface area (Å²) in [6.45, 7) is 0. The summed E-state index contributed by atoms with van der Waals surface area (Å²) >= 11 is 0. The maximum absolute atomic E-state index is 12.8. The molecule has 1 nitrogen and oxygen atoms in total. The van der Waals surface area contributed by atoms with Crippen molar-refractivity contribution < 1.29 is 4.39 Å². The first kappa shape index (κ1) is 9.34. The predicted molar refractivity (Wildman–Crippen MR) is 58.3 cm³/mol. The molecule has 0 spiro atoms. The van der Waals surface area contributed by atoms with Crippen LogP contribution in [-0.2, 0) is 0 Å². The highest BCUT2D eigenvalue weighted by atomic mass is 19.1. The summed E-state index contributed by atoms with van der Waals surface area (Å²) in [7, 11) is 0. The third-order valence-corrected chi connectivity index (χ3v) is 3.81. The smallest absolute Gasteiger partial charge is 0.123 e. The number of nitrogens with one attached hydrogen (secondary N) is 1. The van der Waals surface area contributed by atoms with Gasteiger partial charge in [0.05, 0.1) is 0 Å². The molecule has 1 aromatic rings. The van der Waals surface area contributed by atoms with Gasteiger partial charge in [0.1, 0.15) is 5.82 Å². The van der Waals surface area contributed by atoms with Crippen LogP contribution < -0.4 is 5.32 Å². The van der Waals surface area contributed by atoms with Gasteiger partial charge in [0.25, 0.3) is 0 Å². The summed E-state index contributed by atoms with van der Waals surface area (Å²) < 4.78 is 12.8. The van der Waals surface area contributed by atoms with Gasteiger partial charge < -0.3 is 5.32 Å². The largest absolute Gasteiger partial charge is 0.311 e. The third kappa shape index (κ3) is 1.78. The molecule has 0 saturated carbocycles. The lowest BCUT2D eigenvalue weighted by atomic mass is 9.86. The zero-order chi connectivity index (χ0) is 10.3. The monoisotopic (exact) mass is 205 g/mol. The van der Waals surface area contributed by atoms with Crippen LogP contribution in [0.2, 0.25) is 0 Å². The Bertz CT molecular complexity index is 334. The van der Waals surface area contributed by atoms with Crippen molar-refractivity contribution in [1.29, 1.82) is 0 Å². The predicted octanol–water partition coefficient (Wildman–Crippen LogP) is 2.82. The fourth-order valence-electron chi connectivity index (χ4n) is 3.06. The highest BCUT2D eigenvalue weighted by Crippen LogP contribution is 2.36. The van der Waals surface area contributed by atoms with Crippen LogP contribution in [-0.4, -0.2) is 12.1 Å². The molecule has 2 bridgehead atoms. The molecule has 80 valence electrons. The van der Waals surface area contributed by atoms with Gasteiger partial charge in [-0.2, -0.15) is 0 Å².